The molecule has 41 heavy (non-hydrogen) atoms. The van der Waals surface area contributed by atoms with E-state index in [4.69, 9.17) is 21.6 Å². The van der Waals surface area contributed by atoms with Crippen LogP contribution in [0.15, 0.2) is 66.9 Å². The fraction of sp³-hybridized carbons (Fsp3) is 0.0714. The van der Waals surface area contributed by atoms with Crippen molar-refractivity contribution >= 4 is 29.1 Å². The number of ether oxygens (including phenoxy) is 1. The van der Waals surface area contributed by atoms with Gasteiger partial charge in [-0.15, -0.1) is 0 Å². The lowest BCUT2D eigenvalue weighted by atomic mass is 9.95. The number of alkyl halides is 3. The Morgan fingerprint density at radius 3 is 2.54 bits per heavy atom. The molecule has 13 heteroatoms. The van der Waals surface area contributed by atoms with Crippen molar-refractivity contribution in [3.63, 3.8) is 0 Å². The van der Waals surface area contributed by atoms with E-state index in [9.17, 15) is 31.5 Å². The van der Waals surface area contributed by atoms with Crippen molar-refractivity contribution in [2.75, 3.05) is 5.32 Å². The van der Waals surface area contributed by atoms with Gasteiger partial charge in [0.1, 0.15) is 34.9 Å². The Bertz CT molecular complexity index is 1770. The molecular weight excluding hydrogens is 571 g/mol. The summed E-state index contributed by atoms with van der Waals surface area (Å²) >= 11 is 6.28. The summed E-state index contributed by atoms with van der Waals surface area (Å²) in [6.45, 7) is 0. The number of nitrogens with one attached hydrogen (secondary N) is 2. The molecule has 5 rings (SSSR count). The minimum Gasteiger partial charge on any atom is -0.457 e. The summed E-state index contributed by atoms with van der Waals surface area (Å²) in [4.78, 5) is 30.0. The number of benzene rings is 3. The Kier molecular flexibility index (Phi) is 7.06. The van der Waals surface area contributed by atoms with Crippen LogP contribution >= 0.6 is 11.6 Å². The number of rotatable bonds is 5. The monoisotopic (exact) mass is 584 g/mol. The molecule has 1 atom stereocenters. The number of nitriles is 1. The SMILES string of the molecule is N#Cc1cc(Oc2cc(NC(=O)c3cc(F)cc(C(F)(F)F)c3)c3c(c2)C(=O)NC3c2cc(F)ccc2Cl)ccn1. The molecule has 0 spiro atoms. The highest BCUT2D eigenvalue weighted by Gasteiger charge is 2.36. The molecule has 7 nitrogen and oxygen atoms in total. The number of hydrogen-bond donors (Lipinski definition) is 2. The van der Waals surface area contributed by atoms with Gasteiger partial charge in [-0.3, -0.25) is 9.59 Å². The van der Waals surface area contributed by atoms with E-state index >= 15 is 0 Å². The van der Waals surface area contributed by atoms with Crippen LogP contribution in [0.3, 0.4) is 0 Å². The van der Waals surface area contributed by atoms with E-state index in [1.54, 1.807) is 0 Å². The van der Waals surface area contributed by atoms with Crippen molar-refractivity contribution in [1.82, 2.24) is 10.3 Å². The Hall–Kier alpha value is -5.02. The minimum atomic E-state index is -4.92. The molecule has 206 valence electrons. The number of carbonyl (C=O) groups is 2. The molecule has 1 unspecified atom stereocenters. The first kappa shape index (κ1) is 27.5. The van der Waals surface area contributed by atoms with Gasteiger partial charge >= 0.3 is 6.18 Å². The number of aromatic nitrogens is 1. The first-order valence-corrected chi connectivity index (χ1v) is 12.0. The highest BCUT2D eigenvalue weighted by Crippen LogP contribution is 2.42. The molecule has 1 aromatic heterocycles. The van der Waals surface area contributed by atoms with Gasteiger partial charge in [0.25, 0.3) is 11.8 Å². The second kappa shape index (κ2) is 10.5. The molecule has 0 saturated heterocycles. The molecule has 0 radical (unpaired) electrons. The lowest BCUT2D eigenvalue weighted by molar-refractivity contribution is -0.137. The van der Waals surface area contributed by atoms with Crippen LogP contribution < -0.4 is 15.4 Å². The number of halogens is 6. The third-order valence-electron chi connectivity index (χ3n) is 6.05. The summed E-state index contributed by atoms with van der Waals surface area (Å²) in [7, 11) is 0. The maximum Gasteiger partial charge on any atom is 0.416 e. The maximum absolute atomic E-state index is 14.1. The van der Waals surface area contributed by atoms with Crippen molar-refractivity contribution in [2.24, 2.45) is 0 Å². The van der Waals surface area contributed by atoms with Crippen LogP contribution in [0.2, 0.25) is 5.02 Å². The predicted octanol–water partition coefficient (Wildman–Crippen LogP) is 6.78. The van der Waals surface area contributed by atoms with Crippen molar-refractivity contribution in [2.45, 2.75) is 12.2 Å². The molecule has 0 aliphatic carbocycles. The quantitative estimate of drug-likeness (QED) is 0.252. The van der Waals surface area contributed by atoms with E-state index in [-0.39, 0.29) is 50.7 Å². The molecule has 2 N–H and O–H groups in total. The lowest BCUT2D eigenvalue weighted by Crippen LogP contribution is -2.21. The third-order valence-corrected chi connectivity index (χ3v) is 6.39. The van der Waals surface area contributed by atoms with Gasteiger partial charge in [-0.05, 0) is 48.5 Å². The normalized spacial score (nSPS) is 14.2. The van der Waals surface area contributed by atoms with Crippen molar-refractivity contribution in [1.29, 1.82) is 5.26 Å². The average Bonchev–Trinajstić information content (AvgIpc) is 3.25. The zero-order valence-corrected chi connectivity index (χ0v) is 21.1. The van der Waals surface area contributed by atoms with Crippen LogP contribution in [0, 0.1) is 23.0 Å². The molecule has 2 amide bonds. The van der Waals surface area contributed by atoms with Gasteiger partial charge in [-0.2, -0.15) is 18.4 Å². The van der Waals surface area contributed by atoms with Gasteiger partial charge in [0, 0.05) is 40.0 Å². The second-order valence-electron chi connectivity index (χ2n) is 8.78. The average molecular weight is 585 g/mol. The molecule has 4 aromatic rings. The zero-order valence-electron chi connectivity index (χ0n) is 20.3. The van der Waals surface area contributed by atoms with Crippen LogP contribution in [-0.4, -0.2) is 16.8 Å². The van der Waals surface area contributed by atoms with E-state index in [0.717, 1.165) is 12.1 Å². The van der Waals surface area contributed by atoms with Gasteiger partial charge < -0.3 is 15.4 Å². The number of fused-ring (bicyclic) bond motifs is 1. The van der Waals surface area contributed by atoms with Gasteiger partial charge in [-0.1, -0.05) is 11.6 Å². The van der Waals surface area contributed by atoms with E-state index in [2.05, 4.69) is 15.6 Å². The van der Waals surface area contributed by atoms with Crippen LogP contribution in [0.5, 0.6) is 11.5 Å². The van der Waals surface area contributed by atoms with Crippen LogP contribution in [-0.2, 0) is 6.18 Å². The van der Waals surface area contributed by atoms with Crippen LogP contribution in [0.4, 0.5) is 27.6 Å². The molecular formula is C28H14ClF5N4O3. The topological polar surface area (TPSA) is 104 Å². The van der Waals surface area contributed by atoms with Gasteiger partial charge in [0.05, 0.1) is 22.9 Å². The lowest BCUT2D eigenvalue weighted by Gasteiger charge is -2.19. The standard InChI is InChI=1S/C28H14ClF5N4O3/c29-22-2-1-15(30)8-20(22)25-24-21(27(40)38-25)10-19(41-18-3-4-36-17(9-18)12-35)11-23(24)37-26(39)13-5-14(28(32,33)34)7-16(31)6-13/h1-11,25H,(H,37,39)(H,38,40). The first-order valence-electron chi connectivity index (χ1n) is 11.6. The summed E-state index contributed by atoms with van der Waals surface area (Å²) in [5.41, 5.74) is -1.88. The van der Waals surface area contributed by atoms with Gasteiger partial charge in [-0.25, -0.2) is 13.8 Å². The molecule has 0 bridgehead atoms. The fourth-order valence-corrected chi connectivity index (χ4v) is 4.52. The maximum atomic E-state index is 14.1. The van der Waals surface area contributed by atoms with E-state index < -0.39 is 46.8 Å². The summed E-state index contributed by atoms with van der Waals surface area (Å²) in [6.07, 6.45) is -3.62. The smallest absolute Gasteiger partial charge is 0.416 e. The molecule has 3 aromatic carbocycles. The van der Waals surface area contributed by atoms with Crippen molar-refractivity contribution in [3.05, 3.63) is 117 Å². The second-order valence-corrected chi connectivity index (χ2v) is 9.18. The minimum absolute atomic E-state index is 0.00879. The predicted molar refractivity (Wildman–Crippen MR) is 136 cm³/mol. The largest absolute Gasteiger partial charge is 0.457 e. The van der Waals surface area contributed by atoms with Gasteiger partial charge in [0.15, 0.2) is 0 Å². The van der Waals surface area contributed by atoms with E-state index in [0.29, 0.717) is 12.1 Å². The molecule has 1 aliphatic heterocycles. The Morgan fingerprint density at radius 1 is 1.02 bits per heavy atom. The Balaban J connectivity index is 1.62. The Labute approximate surface area is 233 Å². The van der Waals surface area contributed by atoms with Crippen molar-refractivity contribution < 1.29 is 36.3 Å². The highest BCUT2D eigenvalue weighted by molar-refractivity contribution is 6.31. The van der Waals surface area contributed by atoms with Gasteiger partial charge in [0.2, 0.25) is 0 Å². The van der Waals surface area contributed by atoms with Crippen molar-refractivity contribution in [3.8, 4) is 17.6 Å². The van der Waals surface area contributed by atoms with E-state index in [1.807, 2.05) is 6.07 Å². The molecule has 2 heterocycles. The Morgan fingerprint density at radius 2 is 1.80 bits per heavy atom. The summed E-state index contributed by atoms with van der Waals surface area (Å²) in [5.74, 6) is -3.60. The summed E-state index contributed by atoms with van der Waals surface area (Å²) in [5, 5.41) is 14.3. The molecule has 0 saturated carbocycles. The molecule has 0 fully saturated rings. The van der Waals surface area contributed by atoms with Crippen LogP contribution in [0.25, 0.3) is 0 Å². The number of amides is 2. The number of hydrogen-bond acceptors (Lipinski definition) is 5. The number of pyridine rings is 1. The van der Waals surface area contributed by atoms with Crippen LogP contribution in [0.1, 0.15) is 49.1 Å². The fourth-order valence-electron chi connectivity index (χ4n) is 4.29. The third kappa shape index (κ3) is 5.66. The zero-order chi connectivity index (χ0) is 29.5. The number of nitrogens with zero attached hydrogens (tertiary/aromatic N) is 2. The first-order chi connectivity index (χ1) is 19.4. The van der Waals surface area contributed by atoms with E-state index in [1.165, 1.54) is 36.5 Å². The highest BCUT2D eigenvalue weighted by atomic mass is 35.5. The molecule has 1 aliphatic rings. The number of carbonyl (C=O) groups excluding carboxylic acids is 2. The summed E-state index contributed by atoms with van der Waals surface area (Å²) < 4.78 is 73.7. The number of anilines is 1. The summed E-state index contributed by atoms with van der Waals surface area (Å²) in [6, 6.07) is 10.9.